The van der Waals surface area contributed by atoms with E-state index in [9.17, 15) is 14.8 Å². The first-order valence-electron chi connectivity index (χ1n) is 9.58. The Morgan fingerprint density at radius 1 is 1.28 bits per heavy atom. The molecule has 4 N–H and O–H groups in total. The second kappa shape index (κ2) is 9.35. The van der Waals surface area contributed by atoms with E-state index in [1.54, 1.807) is 0 Å². The largest absolute Gasteiger partial charge is 0.451 e. The van der Waals surface area contributed by atoms with Crippen LogP contribution in [-0.2, 0) is 4.79 Å². The molecule has 0 spiro atoms. The SMILES string of the molecule is CCN[C@]1(C(=O)NC(C)(C)C)C[C@H](CCB(O)O)CC[C@H]1CN(C)C. The van der Waals surface area contributed by atoms with Crippen LogP contribution in [0, 0.1) is 11.8 Å². The number of amides is 1. The second-order valence-corrected chi connectivity index (χ2v) is 8.87. The lowest BCUT2D eigenvalue weighted by Crippen LogP contribution is -2.67. The smallest absolute Gasteiger partial charge is 0.427 e. The van der Waals surface area contributed by atoms with Gasteiger partial charge in [0.2, 0.25) is 5.91 Å². The lowest BCUT2D eigenvalue weighted by Gasteiger charge is -2.48. The predicted octanol–water partition coefficient (Wildman–Crippen LogP) is 1.09. The topological polar surface area (TPSA) is 84.8 Å². The monoisotopic (exact) mass is 355 g/mol. The second-order valence-electron chi connectivity index (χ2n) is 8.87. The summed E-state index contributed by atoms with van der Waals surface area (Å²) in [6, 6.07) is 0. The van der Waals surface area contributed by atoms with Crippen LogP contribution in [0.1, 0.15) is 53.4 Å². The van der Waals surface area contributed by atoms with Crippen molar-refractivity contribution in [1.29, 1.82) is 0 Å². The summed E-state index contributed by atoms with van der Waals surface area (Å²) < 4.78 is 0. The molecule has 6 nitrogen and oxygen atoms in total. The van der Waals surface area contributed by atoms with Crippen molar-refractivity contribution in [2.24, 2.45) is 11.8 Å². The highest BCUT2D eigenvalue weighted by atomic mass is 16.4. The Kier molecular flexibility index (Phi) is 8.38. The average Bonchev–Trinajstić information content (AvgIpc) is 2.45. The molecule has 0 aromatic carbocycles. The van der Waals surface area contributed by atoms with E-state index in [2.05, 4.69) is 15.5 Å². The number of nitrogens with one attached hydrogen (secondary N) is 2. The molecule has 1 amide bonds. The molecule has 0 bridgehead atoms. The summed E-state index contributed by atoms with van der Waals surface area (Å²) >= 11 is 0. The fourth-order valence-corrected chi connectivity index (χ4v) is 4.07. The zero-order valence-corrected chi connectivity index (χ0v) is 16.9. The highest BCUT2D eigenvalue weighted by molar-refractivity contribution is 6.40. The molecule has 146 valence electrons. The van der Waals surface area contributed by atoms with E-state index in [-0.39, 0.29) is 17.4 Å². The van der Waals surface area contributed by atoms with Gasteiger partial charge in [-0.1, -0.05) is 13.3 Å². The van der Waals surface area contributed by atoms with E-state index in [1.165, 1.54) is 0 Å². The molecule has 25 heavy (non-hydrogen) atoms. The fourth-order valence-electron chi connectivity index (χ4n) is 4.07. The van der Waals surface area contributed by atoms with Crippen LogP contribution >= 0.6 is 0 Å². The molecule has 3 atom stereocenters. The molecule has 0 radical (unpaired) electrons. The first-order chi connectivity index (χ1) is 11.5. The minimum absolute atomic E-state index is 0.0722. The van der Waals surface area contributed by atoms with Gasteiger partial charge in [-0.3, -0.25) is 4.79 Å². The molecule has 1 aliphatic rings. The van der Waals surface area contributed by atoms with Crippen molar-refractivity contribution < 1.29 is 14.8 Å². The van der Waals surface area contributed by atoms with Crippen LogP contribution in [0.15, 0.2) is 0 Å². The van der Waals surface area contributed by atoms with E-state index < -0.39 is 12.7 Å². The van der Waals surface area contributed by atoms with Gasteiger partial charge < -0.3 is 25.6 Å². The maximum absolute atomic E-state index is 13.3. The summed E-state index contributed by atoms with van der Waals surface area (Å²) in [5.74, 6) is 0.632. The number of rotatable bonds is 8. The Morgan fingerprint density at radius 2 is 1.92 bits per heavy atom. The summed E-state index contributed by atoms with van der Waals surface area (Å²) in [5, 5.41) is 25.1. The quantitative estimate of drug-likeness (QED) is 0.490. The van der Waals surface area contributed by atoms with Gasteiger partial charge in [-0.25, -0.2) is 0 Å². The third-order valence-corrected chi connectivity index (χ3v) is 5.04. The highest BCUT2D eigenvalue weighted by Crippen LogP contribution is 2.40. The van der Waals surface area contributed by atoms with E-state index in [4.69, 9.17) is 0 Å². The lowest BCUT2D eigenvalue weighted by atomic mass is 9.65. The van der Waals surface area contributed by atoms with Gasteiger partial charge in [-0.2, -0.15) is 0 Å². The highest BCUT2D eigenvalue weighted by Gasteiger charge is 2.49. The Labute approximate surface area is 153 Å². The zero-order valence-electron chi connectivity index (χ0n) is 16.9. The van der Waals surface area contributed by atoms with Gasteiger partial charge in [-0.15, -0.1) is 0 Å². The third kappa shape index (κ3) is 6.89. The first-order valence-corrected chi connectivity index (χ1v) is 9.58. The van der Waals surface area contributed by atoms with E-state index in [0.29, 0.717) is 12.2 Å². The first kappa shape index (κ1) is 22.4. The van der Waals surface area contributed by atoms with Gasteiger partial charge in [0.1, 0.15) is 5.54 Å². The normalized spacial score (nSPS) is 27.4. The van der Waals surface area contributed by atoms with E-state index in [1.807, 2.05) is 41.8 Å². The maximum atomic E-state index is 13.3. The summed E-state index contributed by atoms with van der Waals surface area (Å²) in [7, 11) is 2.83. The van der Waals surface area contributed by atoms with Gasteiger partial charge in [-0.05, 0) is 78.8 Å². The molecular formula is C18H38BN3O3. The molecule has 1 aliphatic carbocycles. The predicted molar refractivity (Wildman–Crippen MR) is 103 cm³/mol. The van der Waals surface area contributed by atoms with Crippen LogP contribution in [0.3, 0.4) is 0 Å². The molecule has 0 unspecified atom stereocenters. The summed E-state index contributed by atoms with van der Waals surface area (Å²) in [5.41, 5.74) is -0.883. The number of likely N-dealkylation sites (N-methyl/N-ethyl adjacent to an activating group) is 1. The molecule has 1 fully saturated rings. The van der Waals surface area contributed by atoms with Gasteiger partial charge >= 0.3 is 7.12 Å². The molecule has 0 aliphatic heterocycles. The van der Waals surface area contributed by atoms with Crippen molar-refractivity contribution in [3.8, 4) is 0 Å². The fraction of sp³-hybridized carbons (Fsp3) is 0.944. The van der Waals surface area contributed by atoms with Crippen LogP contribution in [0.5, 0.6) is 0 Å². The molecule has 1 saturated carbocycles. The Hall–Kier alpha value is -0.625. The molecule has 7 heteroatoms. The molecule has 0 aromatic rings. The number of hydrogen-bond acceptors (Lipinski definition) is 5. The summed E-state index contributed by atoms with van der Waals surface area (Å²) in [6.45, 7) is 9.66. The standard InChI is InChI=1S/C18H38BN3O3/c1-7-20-18(16(23)21-17(2,3)4)12-14(10-11-19(24)25)8-9-15(18)13-22(5)6/h14-15,20,24-25H,7-13H2,1-6H3,(H,21,23)/t14-,15-,18+/m0/s1. The average molecular weight is 355 g/mol. The van der Waals surface area contributed by atoms with E-state index in [0.717, 1.165) is 38.8 Å². The molecule has 0 saturated heterocycles. The minimum Gasteiger partial charge on any atom is -0.427 e. The van der Waals surface area contributed by atoms with Gasteiger partial charge in [0.15, 0.2) is 0 Å². The lowest BCUT2D eigenvalue weighted by molar-refractivity contribution is -0.134. The van der Waals surface area contributed by atoms with Crippen molar-refractivity contribution in [3.05, 3.63) is 0 Å². The number of carbonyl (C=O) groups excluding carboxylic acids is 1. The van der Waals surface area contributed by atoms with Crippen molar-refractivity contribution >= 4 is 13.0 Å². The Balaban J connectivity index is 3.07. The van der Waals surface area contributed by atoms with Crippen molar-refractivity contribution in [2.75, 3.05) is 27.2 Å². The molecule has 0 heterocycles. The molecule has 0 aromatic heterocycles. The van der Waals surface area contributed by atoms with E-state index >= 15 is 0 Å². The maximum Gasteiger partial charge on any atom is 0.451 e. The molecule has 1 rings (SSSR count). The van der Waals surface area contributed by atoms with Crippen LogP contribution in [0.4, 0.5) is 0 Å². The van der Waals surface area contributed by atoms with Crippen LogP contribution in [0.25, 0.3) is 0 Å². The van der Waals surface area contributed by atoms with Gasteiger partial charge in [0.05, 0.1) is 0 Å². The Bertz CT molecular complexity index is 426. The minimum atomic E-state index is -1.27. The van der Waals surface area contributed by atoms with Crippen LogP contribution in [0.2, 0.25) is 6.32 Å². The zero-order chi connectivity index (χ0) is 19.3. The van der Waals surface area contributed by atoms with Crippen LogP contribution < -0.4 is 10.6 Å². The van der Waals surface area contributed by atoms with Crippen molar-refractivity contribution in [2.45, 2.75) is 70.8 Å². The van der Waals surface area contributed by atoms with Crippen molar-refractivity contribution in [1.82, 2.24) is 15.5 Å². The summed E-state index contributed by atoms with van der Waals surface area (Å²) in [4.78, 5) is 15.5. The number of hydrogen-bond donors (Lipinski definition) is 4. The number of nitrogens with zero attached hydrogens (tertiary/aromatic N) is 1. The van der Waals surface area contributed by atoms with Gasteiger partial charge in [0, 0.05) is 12.1 Å². The Morgan fingerprint density at radius 3 is 2.40 bits per heavy atom. The van der Waals surface area contributed by atoms with Crippen LogP contribution in [-0.4, -0.2) is 66.2 Å². The number of carbonyl (C=O) groups is 1. The molecular weight excluding hydrogens is 317 g/mol. The van der Waals surface area contributed by atoms with Crippen molar-refractivity contribution in [3.63, 3.8) is 0 Å². The third-order valence-electron chi connectivity index (χ3n) is 5.04. The summed E-state index contributed by atoms with van der Waals surface area (Å²) in [6.07, 6.45) is 3.85. The van der Waals surface area contributed by atoms with Gasteiger partial charge in [0.25, 0.3) is 0 Å².